The molecule has 0 heterocycles. The van der Waals surface area contributed by atoms with Crippen LogP contribution in [0.3, 0.4) is 0 Å². The molecule has 0 spiro atoms. The Morgan fingerprint density at radius 1 is 1.13 bits per heavy atom. The van der Waals surface area contributed by atoms with Gasteiger partial charge in [0.15, 0.2) is 6.29 Å². The van der Waals surface area contributed by atoms with Crippen molar-refractivity contribution < 1.29 is 17.9 Å². The highest BCUT2D eigenvalue weighted by Gasteiger charge is 2.12. The monoisotopic (exact) mass is 353 g/mol. The minimum Gasteiger partial charge on any atom is -0.486 e. The molecule has 0 aromatic heterocycles. The van der Waals surface area contributed by atoms with E-state index in [0.29, 0.717) is 23.5 Å². The lowest BCUT2D eigenvalue weighted by Gasteiger charge is -2.08. The number of sulfonamides is 1. The molecule has 2 rings (SSSR count). The fraction of sp³-hybridized carbons (Fsp3) is 0.188. The van der Waals surface area contributed by atoms with Crippen molar-refractivity contribution in [3.05, 3.63) is 59.1 Å². The highest BCUT2D eigenvalue weighted by molar-refractivity contribution is 7.89. The molecule has 0 saturated carbocycles. The quantitative estimate of drug-likeness (QED) is 0.740. The van der Waals surface area contributed by atoms with Gasteiger partial charge >= 0.3 is 0 Å². The second-order valence-corrected chi connectivity index (χ2v) is 6.93. The molecule has 122 valence electrons. The van der Waals surface area contributed by atoms with Crippen LogP contribution in [-0.4, -0.2) is 27.9 Å². The minimum absolute atomic E-state index is 0.00729. The van der Waals surface area contributed by atoms with E-state index in [0.717, 1.165) is 5.56 Å². The van der Waals surface area contributed by atoms with Crippen LogP contribution in [0.25, 0.3) is 0 Å². The van der Waals surface area contributed by atoms with Crippen molar-refractivity contribution in [3.63, 3.8) is 0 Å². The molecular formula is C16H16ClNO4S. The predicted molar refractivity (Wildman–Crippen MR) is 88.3 cm³/mol. The lowest BCUT2D eigenvalue weighted by Crippen LogP contribution is -2.25. The first-order valence-corrected chi connectivity index (χ1v) is 8.78. The van der Waals surface area contributed by atoms with E-state index in [1.807, 2.05) is 6.07 Å². The van der Waals surface area contributed by atoms with Crippen LogP contribution in [0.2, 0.25) is 5.02 Å². The van der Waals surface area contributed by atoms with E-state index in [1.165, 1.54) is 24.3 Å². The average Bonchev–Trinajstić information content (AvgIpc) is 2.53. The highest BCUT2D eigenvalue weighted by atomic mass is 35.5. The summed E-state index contributed by atoms with van der Waals surface area (Å²) in [6.45, 7) is 0.245. The van der Waals surface area contributed by atoms with E-state index in [-0.39, 0.29) is 18.0 Å². The van der Waals surface area contributed by atoms with Crippen molar-refractivity contribution in [2.75, 3.05) is 13.2 Å². The van der Waals surface area contributed by atoms with Gasteiger partial charge in [-0.25, -0.2) is 13.1 Å². The Bertz CT molecular complexity index is 760. The Morgan fingerprint density at radius 2 is 1.87 bits per heavy atom. The number of carbonyl (C=O) groups excluding carboxylic acids is 1. The van der Waals surface area contributed by atoms with Gasteiger partial charge in [-0.15, -0.1) is 0 Å². The fourth-order valence-electron chi connectivity index (χ4n) is 1.95. The molecule has 0 amide bonds. The van der Waals surface area contributed by atoms with E-state index in [1.54, 1.807) is 18.2 Å². The predicted octanol–water partition coefficient (Wildman–Crippen LogP) is 2.44. The molecule has 0 saturated heterocycles. The number of rotatable bonds is 8. The van der Waals surface area contributed by atoms with Crippen LogP contribution in [-0.2, 0) is 21.2 Å². The Balaban J connectivity index is 1.93. The molecule has 0 radical (unpaired) electrons. The SMILES string of the molecule is O=CCOc1cccc(CCNS(=O)(=O)c2ccc(Cl)cc2)c1. The van der Waals surface area contributed by atoms with E-state index < -0.39 is 10.0 Å². The van der Waals surface area contributed by atoms with Gasteiger partial charge in [0.05, 0.1) is 4.90 Å². The maximum Gasteiger partial charge on any atom is 0.240 e. The normalized spacial score (nSPS) is 11.2. The Kier molecular flexibility index (Phi) is 6.15. The van der Waals surface area contributed by atoms with Crippen LogP contribution in [0, 0.1) is 0 Å². The first-order valence-electron chi connectivity index (χ1n) is 6.92. The standard InChI is InChI=1S/C16H16ClNO4S/c17-14-4-6-16(7-5-14)23(20,21)18-9-8-13-2-1-3-15(12-13)22-11-10-19/h1-7,10,12,18H,8-9,11H2. The van der Waals surface area contributed by atoms with Gasteiger partial charge in [0.2, 0.25) is 10.0 Å². The number of halogens is 1. The van der Waals surface area contributed by atoms with Crippen LogP contribution in [0.5, 0.6) is 5.75 Å². The summed E-state index contributed by atoms with van der Waals surface area (Å²) in [6.07, 6.45) is 1.18. The molecule has 23 heavy (non-hydrogen) atoms. The number of aldehydes is 1. The van der Waals surface area contributed by atoms with Crippen molar-refractivity contribution in [1.29, 1.82) is 0 Å². The molecule has 1 N–H and O–H groups in total. The molecule has 5 nitrogen and oxygen atoms in total. The second-order valence-electron chi connectivity index (χ2n) is 4.73. The van der Waals surface area contributed by atoms with Gasteiger partial charge in [-0.3, -0.25) is 4.79 Å². The summed E-state index contributed by atoms with van der Waals surface area (Å²) < 4.78 is 32.0. The van der Waals surface area contributed by atoms with Gasteiger partial charge in [-0.2, -0.15) is 0 Å². The molecule has 2 aromatic rings. The van der Waals surface area contributed by atoms with Crippen molar-refractivity contribution in [1.82, 2.24) is 4.72 Å². The van der Waals surface area contributed by atoms with E-state index >= 15 is 0 Å². The van der Waals surface area contributed by atoms with Crippen molar-refractivity contribution in [3.8, 4) is 5.75 Å². The zero-order valence-electron chi connectivity index (χ0n) is 12.2. The number of ether oxygens (including phenoxy) is 1. The van der Waals surface area contributed by atoms with E-state index in [9.17, 15) is 13.2 Å². The van der Waals surface area contributed by atoms with Crippen LogP contribution in [0.4, 0.5) is 0 Å². The zero-order valence-corrected chi connectivity index (χ0v) is 13.8. The van der Waals surface area contributed by atoms with Crippen LogP contribution in [0.1, 0.15) is 5.56 Å². The summed E-state index contributed by atoms with van der Waals surface area (Å²) in [5.41, 5.74) is 0.909. The summed E-state index contributed by atoms with van der Waals surface area (Å²) in [6, 6.07) is 13.2. The molecule has 0 bridgehead atoms. The lowest BCUT2D eigenvalue weighted by atomic mass is 10.1. The molecule has 0 aliphatic carbocycles. The van der Waals surface area contributed by atoms with E-state index in [4.69, 9.17) is 16.3 Å². The van der Waals surface area contributed by atoms with Crippen molar-refractivity contribution in [2.45, 2.75) is 11.3 Å². The molecule has 0 atom stereocenters. The van der Waals surface area contributed by atoms with Gasteiger partial charge in [0.1, 0.15) is 12.4 Å². The van der Waals surface area contributed by atoms with Gasteiger partial charge in [0.25, 0.3) is 0 Å². The summed E-state index contributed by atoms with van der Waals surface area (Å²) in [5, 5.41) is 0.482. The molecular weight excluding hydrogens is 338 g/mol. The molecule has 0 fully saturated rings. The first kappa shape index (κ1) is 17.5. The molecule has 7 heteroatoms. The Labute approximate surface area is 140 Å². The largest absolute Gasteiger partial charge is 0.486 e. The highest BCUT2D eigenvalue weighted by Crippen LogP contribution is 2.15. The van der Waals surface area contributed by atoms with Gasteiger partial charge < -0.3 is 4.74 Å². The Hall–Kier alpha value is -1.89. The number of nitrogens with one attached hydrogen (secondary N) is 1. The van der Waals surface area contributed by atoms with Gasteiger partial charge in [-0.05, 0) is 48.4 Å². The third kappa shape index (κ3) is 5.35. The lowest BCUT2D eigenvalue weighted by molar-refractivity contribution is -0.109. The third-order valence-electron chi connectivity index (χ3n) is 3.05. The topological polar surface area (TPSA) is 72.5 Å². The summed E-state index contributed by atoms with van der Waals surface area (Å²) in [5.74, 6) is 0.579. The number of hydrogen-bond acceptors (Lipinski definition) is 4. The third-order valence-corrected chi connectivity index (χ3v) is 4.78. The van der Waals surface area contributed by atoms with Crippen LogP contribution >= 0.6 is 11.6 Å². The molecule has 0 aliphatic heterocycles. The molecule has 2 aromatic carbocycles. The minimum atomic E-state index is -3.56. The smallest absolute Gasteiger partial charge is 0.240 e. The fourth-order valence-corrected chi connectivity index (χ4v) is 3.11. The van der Waals surface area contributed by atoms with Crippen molar-refractivity contribution in [2.24, 2.45) is 0 Å². The average molecular weight is 354 g/mol. The summed E-state index contributed by atoms with van der Waals surface area (Å²) in [7, 11) is -3.56. The van der Waals surface area contributed by atoms with Crippen molar-refractivity contribution >= 4 is 27.9 Å². The molecule has 0 aliphatic rings. The maximum absolute atomic E-state index is 12.1. The molecule has 0 unspecified atom stereocenters. The maximum atomic E-state index is 12.1. The number of carbonyl (C=O) groups is 1. The summed E-state index contributed by atoms with van der Waals surface area (Å²) >= 11 is 5.75. The van der Waals surface area contributed by atoms with Gasteiger partial charge in [-0.1, -0.05) is 23.7 Å². The van der Waals surface area contributed by atoms with Gasteiger partial charge in [0, 0.05) is 11.6 Å². The Morgan fingerprint density at radius 3 is 2.57 bits per heavy atom. The number of benzene rings is 2. The van der Waals surface area contributed by atoms with E-state index in [2.05, 4.69) is 4.72 Å². The van der Waals surface area contributed by atoms with Crippen LogP contribution in [0.15, 0.2) is 53.4 Å². The van der Waals surface area contributed by atoms with Crippen LogP contribution < -0.4 is 9.46 Å². The zero-order chi connectivity index (χ0) is 16.7. The number of hydrogen-bond donors (Lipinski definition) is 1. The first-order chi connectivity index (χ1) is 11.0. The second kappa shape index (κ2) is 8.10. The summed E-state index contributed by atoms with van der Waals surface area (Å²) in [4.78, 5) is 10.5.